The summed E-state index contributed by atoms with van der Waals surface area (Å²) in [6.45, 7) is 0.0324. The first-order valence-electron chi connectivity index (χ1n) is 6.33. The zero-order chi connectivity index (χ0) is 13.9. The molecule has 1 aliphatic carbocycles. The van der Waals surface area contributed by atoms with Crippen LogP contribution in [0.3, 0.4) is 0 Å². The molecular formula is C13H18FNO3S. The fourth-order valence-corrected chi connectivity index (χ4v) is 3.56. The van der Waals surface area contributed by atoms with Crippen LogP contribution in [0, 0.1) is 5.82 Å². The molecule has 1 aliphatic rings. The smallest absolute Gasteiger partial charge is 0.215 e. The zero-order valence-corrected chi connectivity index (χ0v) is 11.4. The number of rotatable bonds is 5. The molecule has 0 heterocycles. The molecule has 1 saturated carbocycles. The Balaban J connectivity index is 1.95. The Hall–Kier alpha value is -0.980. The summed E-state index contributed by atoms with van der Waals surface area (Å²) in [6.07, 6.45) is 3.08. The Bertz CT molecular complexity index is 539. The lowest BCUT2D eigenvalue weighted by Gasteiger charge is -2.22. The first-order chi connectivity index (χ1) is 8.89. The normalized spacial score (nSPS) is 18.6. The van der Waals surface area contributed by atoms with Crippen LogP contribution in [0.15, 0.2) is 24.3 Å². The van der Waals surface area contributed by atoms with E-state index < -0.39 is 21.4 Å². The predicted molar refractivity (Wildman–Crippen MR) is 70.4 cm³/mol. The quantitative estimate of drug-likeness (QED) is 0.863. The molecule has 4 nitrogen and oxygen atoms in total. The van der Waals surface area contributed by atoms with Crippen molar-refractivity contribution in [2.45, 2.75) is 37.0 Å². The van der Waals surface area contributed by atoms with Gasteiger partial charge in [-0.05, 0) is 30.5 Å². The summed E-state index contributed by atoms with van der Waals surface area (Å²) in [7, 11) is -3.55. The maximum atomic E-state index is 13.0. The molecule has 19 heavy (non-hydrogen) atoms. The van der Waals surface area contributed by atoms with Gasteiger partial charge in [0.25, 0.3) is 0 Å². The van der Waals surface area contributed by atoms with Gasteiger partial charge in [-0.1, -0.05) is 25.0 Å². The van der Waals surface area contributed by atoms with Crippen LogP contribution >= 0.6 is 0 Å². The van der Waals surface area contributed by atoms with E-state index in [2.05, 4.69) is 4.72 Å². The highest BCUT2D eigenvalue weighted by Crippen LogP contribution is 2.28. The second-order valence-electron chi connectivity index (χ2n) is 5.14. The Kier molecular flexibility index (Phi) is 4.23. The molecule has 2 N–H and O–H groups in total. The molecule has 0 amide bonds. The SMILES string of the molecule is O=S(=O)(Cc1cccc(F)c1)NCC1(O)CCCC1. The highest BCUT2D eigenvalue weighted by molar-refractivity contribution is 7.88. The zero-order valence-electron chi connectivity index (χ0n) is 10.6. The molecule has 1 fully saturated rings. The summed E-state index contributed by atoms with van der Waals surface area (Å²) in [6, 6.07) is 5.51. The molecule has 1 aromatic carbocycles. The molecule has 0 radical (unpaired) electrons. The van der Waals surface area contributed by atoms with E-state index in [0.29, 0.717) is 18.4 Å². The summed E-state index contributed by atoms with van der Waals surface area (Å²) in [5, 5.41) is 10.1. The minimum Gasteiger partial charge on any atom is -0.389 e. The van der Waals surface area contributed by atoms with E-state index in [1.807, 2.05) is 0 Å². The molecule has 0 aromatic heterocycles. The third-order valence-corrected chi connectivity index (χ3v) is 4.70. The van der Waals surface area contributed by atoms with E-state index in [4.69, 9.17) is 0 Å². The van der Waals surface area contributed by atoms with E-state index in [9.17, 15) is 17.9 Å². The van der Waals surface area contributed by atoms with Crippen molar-refractivity contribution in [3.8, 4) is 0 Å². The average molecular weight is 287 g/mol. The lowest BCUT2D eigenvalue weighted by atomic mass is 10.0. The van der Waals surface area contributed by atoms with Crippen molar-refractivity contribution < 1.29 is 17.9 Å². The van der Waals surface area contributed by atoms with Crippen LogP contribution in [0.4, 0.5) is 4.39 Å². The van der Waals surface area contributed by atoms with Crippen LogP contribution in [0.25, 0.3) is 0 Å². The van der Waals surface area contributed by atoms with Gasteiger partial charge < -0.3 is 5.11 Å². The van der Waals surface area contributed by atoms with Crippen LogP contribution in [-0.4, -0.2) is 25.7 Å². The van der Waals surface area contributed by atoms with Gasteiger partial charge in [0.05, 0.1) is 11.4 Å². The molecule has 1 aromatic rings. The number of hydrogen-bond donors (Lipinski definition) is 2. The first-order valence-corrected chi connectivity index (χ1v) is 7.98. The van der Waals surface area contributed by atoms with Crippen LogP contribution in [0.2, 0.25) is 0 Å². The maximum Gasteiger partial charge on any atom is 0.215 e. The molecule has 0 bridgehead atoms. The molecule has 0 spiro atoms. The summed E-state index contributed by atoms with van der Waals surface area (Å²) in [5.74, 6) is -0.733. The molecule has 0 atom stereocenters. The highest BCUT2D eigenvalue weighted by atomic mass is 32.2. The summed E-state index contributed by atoms with van der Waals surface area (Å²) >= 11 is 0. The number of benzene rings is 1. The van der Waals surface area contributed by atoms with Crippen molar-refractivity contribution in [1.29, 1.82) is 0 Å². The van der Waals surface area contributed by atoms with Gasteiger partial charge in [-0.15, -0.1) is 0 Å². The van der Waals surface area contributed by atoms with Gasteiger partial charge >= 0.3 is 0 Å². The Morgan fingerprint density at radius 2 is 2.00 bits per heavy atom. The summed E-state index contributed by atoms with van der Waals surface area (Å²) in [4.78, 5) is 0. The standard InChI is InChI=1S/C13H18FNO3S/c14-12-5-3-4-11(8-12)9-19(17,18)15-10-13(16)6-1-2-7-13/h3-5,8,15-16H,1-2,6-7,9-10H2. The summed E-state index contributed by atoms with van der Waals surface area (Å²) < 4.78 is 39.1. The lowest BCUT2D eigenvalue weighted by Crippen LogP contribution is -2.41. The third kappa shape index (κ3) is 4.26. The Morgan fingerprint density at radius 1 is 1.32 bits per heavy atom. The topological polar surface area (TPSA) is 66.4 Å². The molecule has 0 saturated heterocycles. The molecule has 6 heteroatoms. The number of halogens is 1. The van der Waals surface area contributed by atoms with E-state index in [1.165, 1.54) is 18.2 Å². The van der Waals surface area contributed by atoms with E-state index in [1.54, 1.807) is 6.07 Å². The minimum atomic E-state index is -3.55. The maximum absolute atomic E-state index is 13.0. The minimum absolute atomic E-state index is 0.0324. The number of hydrogen-bond acceptors (Lipinski definition) is 3. The highest BCUT2D eigenvalue weighted by Gasteiger charge is 2.32. The lowest BCUT2D eigenvalue weighted by molar-refractivity contribution is 0.0531. The number of nitrogens with one attached hydrogen (secondary N) is 1. The summed E-state index contributed by atoms with van der Waals surface area (Å²) in [5.41, 5.74) is -0.527. The predicted octanol–water partition coefficient (Wildman–Crippen LogP) is 1.55. The molecule has 0 aliphatic heterocycles. The van der Waals surface area contributed by atoms with Gasteiger partial charge in [-0.25, -0.2) is 17.5 Å². The fourth-order valence-electron chi connectivity index (χ4n) is 2.35. The Labute approximate surface area is 112 Å². The van der Waals surface area contributed by atoms with Crippen molar-refractivity contribution in [3.05, 3.63) is 35.6 Å². The second kappa shape index (κ2) is 5.56. The third-order valence-electron chi connectivity index (χ3n) is 3.40. The van der Waals surface area contributed by atoms with Crippen LogP contribution < -0.4 is 4.72 Å². The van der Waals surface area contributed by atoms with Gasteiger partial charge in [0, 0.05) is 6.54 Å². The van der Waals surface area contributed by atoms with Gasteiger partial charge in [-0.3, -0.25) is 0 Å². The van der Waals surface area contributed by atoms with Crippen molar-refractivity contribution in [1.82, 2.24) is 4.72 Å². The van der Waals surface area contributed by atoms with E-state index >= 15 is 0 Å². The van der Waals surface area contributed by atoms with Gasteiger partial charge in [0.15, 0.2) is 0 Å². The van der Waals surface area contributed by atoms with Gasteiger partial charge in [0.2, 0.25) is 10.0 Å². The second-order valence-corrected chi connectivity index (χ2v) is 6.95. The fraction of sp³-hybridized carbons (Fsp3) is 0.538. The van der Waals surface area contributed by atoms with Crippen molar-refractivity contribution in [2.75, 3.05) is 6.54 Å². The van der Waals surface area contributed by atoms with Crippen molar-refractivity contribution in [2.24, 2.45) is 0 Å². The average Bonchev–Trinajstić information content (AvgIpc) is 2.74. The molecule has 0 unspecified atom stereocenters. The van der Waals surface area contributed by atoms with Crippen LogP contribution in [0.5, 0.6) is 0 Å². The van der Waals surface area contributed by atoms with Crippen molar-refractivity contribution in [3.63, 3.8) is 0 Å². The van der Waals surface area contributed by atoms with Crippen LogP contribution in [-0.2, 0) is 15.8 Å². The molecular weight excluding hydrogens is 269 g/mol. The molecule has 2 rings (SSSR count). The number of sulfonamides is 1. The van der Waals surface area contributed by atoms with E-state index in [0.717, 1.165) is 12.8 Å². The largest absolute Gasteiger partial charge is 0.389 e. The molecule has 106 valence electrons. The van der Waals surface area contributed by atoms with E-state index in [-0.39, 0.29) is 12.3 Å². The monoisotopic (exact) mass is 287 g/mol. The van der Waals surface area contributed by atoms with Gasteiger partial charge in [0.1, 0.15) is 5.82 Å². The first kappa shape index (κ1) is 14.4. The van der Waals surface area contributed by atoms with Crippen molar-refractivity contribution >= 4 is 10.0 Å². The Morgan fingerprint density at radius 3 is 2.63 bits per heavy atom. The van der Waals surface area contributed by atoms with Crippen LogP contribution in [0.1, 0.15) is 31.2 Å². The number of aliphatic hydroxyl groups is 1. The van der Waals surface area contributed by atoms with Gasteiger partial charge in [-0.2, -0.15) is 0 Å².